The second-order valence-corrected chi connectivity index (χ2v) is 3.31. The lowest BCUT2D eigenvalue weighted by Crippen LogP contribution is -2.45. The highest BCUT2D eigenvalue weighted by Crippen LogP contribution is 2.14. The van der Waals surface area contributed by atoms with Crippen molar-refractivity contribution in [2.24, 2.45) is 11.8 Å². The summed E-state index contributed by atoms with van der Waals surface area (Å²) in [5.74, 6) is 3.18. The molecule has 0 atom stereocenters. The fourth-order valence-corrected chi connectivity index (χ4v) is 0.697. The molecular formula is C8H16F2N2O3. The highest BCUT2D eigenvalue weighted by atomic mass is 19.3. The number of halogens is 2. The van der Waals surface area contributed by atoms with Gasteiger partial charge in [0.15, 0.2) is 0 Å². The zero-order valence-electron chi connectivity index (χ0n) is 8.76. The van der Waals surface area contributed by atoms with Gasteiger partial charge in [-0.05, 0) is 5.92 Å². The van der Waals surface area contributed by atoms with Crippen LogP contribution in [-0.2, 0) is 14.3 Å². The Morgan fingerprint density at radius 2 is 2.07 bits per heavy atom. The van der Waals surface area contributed by atoms with E-state index < -0.39 is 12.0 Å². The number of rotatable bonds is 7. The summed E-state index contributed by atoms with van der Waals surface area (Å²) in [6.45, 7) is 3.95. The molecule has 0 aliphatic carbocycles. The standard InChI is InChI=1S/C8H16F2N2O3/c1-6(2)5-14-3-4-15-8(9,10)7(13)12-11/h6H,3-5,11H2,1-2H3,(H,12,13). The molecule has 7 heteroatoms. The second-order valence-electron chi connectivity index (χ2n) is 3.31. The van der Waals surface area contributed by atoms with Crippen molar-refractivity contribution >= 4 is 5.91 Å². The number of ether oxygens (including phenoxy) is 2. The van der Waals surface area contributed by atoms with E-state index in [1.54, 1.807) is 0 Å². The maximum Gasteiger partial charge on any atom is 0.437 e. The van der Waals surface area contributed by atoms with E-state index >= 15 is 0 Å². The molecule has 0 heterocycles. The van der Waals surface area contributed by atoms with E-state index in [0.717, 1.165) is 0 Å². The van der Waals surface area contributed by atoms with Crippen LogP contribution in [0, 0.1) is 5.92 Å². The van der Waals surface area contributed by atoms with Gasteiger partial charge in [-0.25, -0.2) is 5.84 Å². The van der Waals surface area contributed by atoms with Crippen LogP contribution in [0.3, 0.4) is 0 Å². The summed E-state index contributed by atoms with van der Waals surface area (Å²) in [6, 6.07) is 0. The number of hydrogen-bond donors (Lipinski definition) is 2. The van der Waals surface area contributed by atoms with Gasteiger partial charge in [0.1, 0.15) is 0 Å². The molecule has 0 unspecified atom stereocenters. The summed E-state index contributed by atoms with van der Waals surface area (Å²) in [5.41, 5.74) is 1.31. The van der Waals surface area contributed by atoms with Gasteiger partial charge in [-0.3, -0.25) is 10.2 Å². The molecule has 0 aliphatic heterocycles. The Bertz CT molecular complexity index is 200. The Labute approximate surface area is 86.9 Å². The van der Waals surface area contributed by atoms with Gasteiger partial charge in [-0.15, -0.1) is 0 Å². The summed E-state index contributed by atoms with van der Waals surface area (Å²) < 4.78 is 34.3. The lowest BCUT2D eigenvalue weighted by molar-refractivity contribution is -0.234. The van der Waals surface area contributed by atoms with Crippen molar-refractivity contribution in [2.45, 2.75) is 20.0 Å². The smallest absolute Gasteiger partial charge is 0.379 e. The molecule has 0 aromatic heterocycles. The summed E-state index contributed by atoms with van der Waals surface area (Å²) in [5, 5.41) is 0. The van der Waals surface area contributed by atoms with Crippen LogP contribution in [0.25, 0.3) is 0 Å². The van der Waals surface area contributed by atoms with E-state index in [0.29, 0.717) is 12.5 Å². The predicted molar refractivity (Wildman–Crippen MR) is 48.9 cm³/mol. The first-order valence-electron chi connectivity index (χ1n) is 4.50. The molecule has 0 saturated heterocycles. The number of carbonyl (C=O) groups excluding carboxylic acids is 1. The first kappa shape index (κ1) is 14.2. The van der Waals surface area contributed by atoms with E-state index in [9.17, 15) is 13.6 Å². The molecule has 0 fully saturated rings. The highest BCUT2D eigenvalue weighted by molar-refractivity contribution is 5.81. The molecule has 3 N–H and O–H groups in total. The van der Waals surface area contributed by atoms with Crippen LogP contribution in [0.4, 0.5) is 8.78 Å². The van der Waals surface area contributed by atoms with E-state index in [-0.39, 0.29) is 13.2 Å². The Balaban J connectivity index is 3.62. The van der Waals surface area contributed by atoms with Gasteiger partial charge in [0.05, 0.1) is 13.2 Å². The van der Waals surface area contributed by atoms with Crippen LogP contribution in [0.2, 0.25) is 0 Å². The minimum Gasteiger partial charge on any atom is -0.379 e. The third kappa shape index (κ3) is 6.32. The van der Waals surface area contributed by atoms with Crippen LogP contribution in [-0.4, -0.2) is 31.8 Å². The molecular weight excluding hydrogens is 210 g/mol. The third-order valence-corrected chi connectivity index (χ3v) is 1.36. The van der Waals surface area contributed by atoms with Gasteiger partial charge in [-0.2, -0.15) is 8.78 Å². The minimum absolute atomic E-state index is 0.00558. The van der Waals surface area contributed by atoms with Gasteiger partial charge in [-0.1, -0.05) is 13.8 Å². The van der Waals surface area contributed by atoms with Crippen LogP contribution < -0.4 is 11.3 Å². The molecule has 0 aromatic carbocycles. The summed E-state index contributed by atoms with van der Waals surface area (Å²) >= 11 is 0. The molecule has 0 spiro atoms. The van der Waals surface area contributed by atoms with E-state index in [2.05, 4.69) is 10.6 Å². The number of hydrogen-bond acceptors (Lipinski definition) is 4. The van der Waals surface area contributed by atoms with Crippen molar-refractivity contribution in [3.8, 4) is 0 Å². The zero-order valence-corrected chi connectivity index (χ0v) is 8.76. The molecule has 0 radical (unpaired) electrons. The Kier molecular flexibility index (Phi) is 6.30. The van der Waals surface area contributed by atoms with Crippen molar-refractivity contribution in [3.05, 3.63) is 0 Å². The van der Waals surface area contributed by atoms with Gasteiger partial charge < -0.3 is 9.47 Å². The molecule has 1 amide bonds. The molecule has 0 aliphatic rings. The van der Waals surface area contributed by atoms with E-state index in [4.69, 9.17) is 4.74 Å². The van der Waals surface area contributed by atoms with Crippen molar-refractivity contribution in [1.29, 1.82) is 0 Å². The normalized spacial score (nSPS) is 11.9. The molecule has 90 valence electrons. The SMILES string of the molecule is CC(C)COCCOC(F)(F)C(=O)NN. The number of nitrogens with two attached hydrogens (primary N) is 1. The Morgan fingerprint density at radius 1 is 1.47 bits per heavy atom. The lowest BCUT2D eigenvalue weighted by Gasteiger charge is -2.14. The topological polar surface area (TPSA) is 73.6 Å². The first-order valence-corrected chi connectivity index (χ1v) is 4.50. The number of nitrogens with one attached hydrogen (secondary N) is 1. The Morgan fingerprint density at radius 3 is 2.53 bits per heavy atom. The Hall–Kier alpha value is -0.790. The average Bonchev–Trinajstić information content (AvgIpc) is 2.15. The van der Waals surface area contributed by atoms with Crippen molar-refractivity contribution < 1.29 is 23.0 Å². The maximum absolute atomic E-state index is 12.6. The largest absolute Gasteiger partial charge is 0.437 e. The maximum atomic E-state index is 12.6. The quantitative estimate of drug-likeness (QED) is 0.282. The minimum atomic E-state index is -3.91. The van der Waals surface area contributed by atoms with Crippen molar-refractivity contribution in [1.82, 2.24) is 5.43 Å². The summed E-state index contributed by atoms with van der Waals surface area (Å²) in [7, 11) is 0. The fourth-order valence-electron chi connectivity index (χ4n) is 0.697. The number of amides is 1. The van der Waals surface area contributed by atoms with E-state index in [1.165, 1.54) is 5.43 Å². The molecule has 0 aromatic rings. The zero-order chi connectivity index (χ0) is 11.9. The highest BCUT2D eigenvalue weighted by Gasteiger charge is 2.39. The fraction of sp³-hybridized carbons (Fsp3) is 0.875. The van der Waals surface area contributed by atoms with Crippen LogP contribution in [0.1, 0.15) is 13.8 Å². The molecule has 5 nitrogen and oxygen atoms in total. The average molecular weight is 226 g/mol. The third-order valence-electron chi connectivity index (χ3n) is 1.36. The lowest BCUT2D eigenvalue weighted by atomic mass is 10.2. The van der Waals surface area contributed by atoms with Crippen LogP contribution >= 0.6 is 0 Å². The van der Waals surface area contributed by atoms with Crippen LogP contribution in [0.5, 0.6) is 0 Å². The van der Waals surface area contributed by atoms with Crippen molar-refractivity contribution in [3.63, 3.8) is 0 Å². The predicted octanol–water partition coefficient (Wildman–Crippen LogP) is 0.258. The monoisotopic (exact) mass is 226 g/mol. The van der Waals surface area contributed by atoms with Gasteiger partial charge in [0.2, 0.25) is 0 Å². The summed E-state index contributed by atoms with van der Waals surface area (Å²) in [6.07, 6.45) is -3.91. The number of alkyl halides is 2. The first-order chi connectivity index (χ1) is 6.90. The van der Waals surface area contributed by atoms with Gasteiger partial charge >= 0.3 is 12.0 Å². The van der Waals surface area contributed by atoms with Crippen molar-refractivity contribution in [2.75, 3.05) is 19.8 Å². The van der Waals surface area contributed by atoms with Gasteiger partial charge in [0, 0.05) is 6.61 Å². The second kappa shape index (κ2) is 6.65. The summed E-state index contributed by atoms with van der Waals surface area (Å²) in [4.78, 5) is 10.5. The van der Waals surface area contributed by atoms with E-state index in [1.807, 2.05) is 13.8 Å². The number of carbonyl (C=O) groups is 1. The molecule has 0 rings (SSSR count). The van der Waals surface area contributed by atoms with Gasteiger partial charge in [0.25, 0.3) is 0 Å². The number of hydrazine groups is 1. The van der Waals surface area contributed by atoms with Crippen LogP contribution in [0.15, 0.2) is 0 Å². The molecule has 0 bridgehead atoms. The molecule has 0 saturated carbocycles. The molecule has 15 heavy (non-hydrogen) atoms.